The van der Waals surface area contributed by atoms with Crippen LogP contribution in [0.1, 0.15) is 41.0 Å². The van der Waals surface area contributed by atoms with Gasteiger partial charge in [0.25, 0.3) is 11.8 Å². The van der Waals surface area contributed by atoms with Crippen LogP contribution in [-0.2, 0) is 0 Å². The Balaban J connectivity index is 1.99. The molecule has 2 rings (SSSR count). The van der Waals surface area contributed by atoms with Crippen molar-refractivity contribution in [3.63, 3.8) is 0 Å². The highest BCUT2D eigenvalue weighted by atomic mass is 79.9. The van der Waals surface area contributed by atoms with Crippen LogP contribution in [-0.4, -0.2) is 18.4 Å². The van der Waals surface area contributed by atoms with Gasteiger partial charge in [0.05, 0.1) is 17.7 Å². The van der Waals surface area contributed by atoms with Gasteiger partial charge in [0.2, 0.25) is 0 Å². The molecular formula is C19H21BrN2O3. The summed E-state index contributed by atoms with van der Waals surface area (Å²) in [6.45, 7) is 4.75. The Bertz CT molecular complexity index is 747. The number of rotatable bonds is 6. The predicted octanol–water partition coefficient (Wildman–Crippen LogP) is 3.95. The molecule has 5 nitrogen and oxygen atoms in total. The van der Waals surface area contributed by atoms with E-state index in [1.54, 1.807) is 42.5 Å². The summed E-state index contributed by atoms with van der Waals surface area (Å²) in [6, 6.07) is 13.9. The minimum atomic E-state index is -0.430. The number of ether oxygens (including phenoxy) is 1. The van der Waals surface area contributed by atoms with Crippen LogP contribution in [0.4, 0.5) is 0 Å². The van der Waals surface area contributed by atoms with E-state index in [0.29, 0.717) is 33.9 Å². The maximum Gasteiger partial charge on any atom is 0.273 e. The quantitative estimate of drug-likeness (QED) is 0.716. The van der Waals surface area contributed by atoms with Gasteiger partial charge in [0.15, 0.2) is 0 Å². The van der Waals surface area contributed by atoms with Crippen LogP contribution >= 0.6 is 15.9 Å². The molecule has 0 aliphatic carbocycles. The lowest BCUT2D eigenvalue weighted by Gasteiger charge is -2.13. The Labute approximate surface area is 155 Å². The van der Waals surface area contributed by atoms with Gasteiger partial charge in [0.1, 0.15) is 5.75 Å². The number of hydrazine groups is 1. The zero-order valence-electron chi connectivity index (χ0n) is 14.2. The molecule has 25 heavy (non-hydrogen) atoms. The lowest BCUT2D eigenvalue weighted by atomic mass is 10.1. The molecule has 0 heterocycles. The summed E-state index contributed by atoms with van der Waals surface area (Å²) in [4.78, 5) is 24.5. The van der Waals surface area contributed by atoms with E-state index in [-0.39, 0.29) is 0 Å². The third-order valence-corrected chi connectivity index (χ3v) is 4.18. The van der Waals surface area contributed by atoms with E-state index < -0.39 is 11.8 Å². The fraction of sp³-hybridized carbons (Fsp3) is 0.263. The van der Waals surface area contributed by atoms with Crippen molar-refractivity contribution in [2.75, 3.05) is 6.61 Å². The van der Waals surface area contributed by atoms with E-state index in [4.69, 9.17) is 4.74 Å². The van der Waals surface area contributed by atoms with Gasteiger partial charge in [0, 0.05) is 4.47 Å². The van der Waals surface area contributed by atoms with E-state index in [9.17, 15) is 9.59 Å². The number of carbonyl (C=O) groups is 2. The molecule has 0 aromatic heterocycles. The molecule has 0 radical (unpaired) electrons. The van der Waals surface area contributed by atoms with Gasteiger partial charge >= 0.3 is 0 Å². The zero-order valence-corrected chi connectivity index (χ0v) is 15.8. The van der Waals surface area contributed by atoms with Crippen molar-refractivity contribution in [3.05, 3.63) is 64.1 Å². The zero-order chi connectivity index (χ0) is 18.2. The lowest BCUT2D eigenvalue weighted by molar-refractivity contribution is 0.0843. The van der Waals surface area contributed by atoms with E-state index in [1.807, 2.05) is 6.07 Å². The number of hydrogen-bond donors (Lipinski definition) is 2. The highest BCUT2D eigenvalue weighted by Crippen LogP contribution is 2.19. The number of amides is 2. The molecule has 0 fully saturated rings. The molecule has 0 saturated heterocycles. The summed E-state index contributed by atoms with van der Waals surface area (Å²) >= 11 is 3.31. The molecule has 2 aromatic carbocycles. The molecule has 0 aliphatic rings. The summed E-state index contributed by atoms with van der Waals surface area (Å²) < 4.78 is 6.35. The van der Waals surface area contributed by atoms with Crippen molar-refractivity contribution in [1.82, 2.24) is 10.9 Å². The van der Waals surface area contributed by atoms with Gasteiger partial charge in [-0.3, -0.25) is 20.4 Å². The van der Waals surface area contributed by atoms with E-state index in [1.165, 1.54) is 0 Å². The van der Waals surface area contributed by atoms with E-state index in [0.717, 1.165) is 6.42 Å². The molecule has 6 heteroatoms. The van der Waals surface area contributed by atoms with Crippen LogP contribution in [0.2, 0.25) is 0 Å². The lowest BCUT2D eigenvalue weighted by Crippen LogP contribution is -2.41. The number of hydrogen-bond acceptors (Lipinski definition) is 3. The Kier molecular flexibility index (Phi) is 7.01. The predicted molar refractivity (Wildman–Crippen MR) is 100 cm³/mol. The molecule has 0 spiro atoms. The third kappa shape index (κ3) is 5.60. The van der Waals surface area contributed by atoms with Gasteiger partial charge in [-0.05, 0) is 52.5 Å². The second-order valence-electron chi connectivity index (χ2n) is 5.92. The van der Waals surface area contributed by atoms with Gasteiger partial charge in [-0.15, -0.1) is 0 Å². The third-order valence-electron chi connectivity index (χ3n) is 3.49. The van der Waals surface area contributed by atoms with Crippen LogP contribution in [0.5, 0.6) is 5.75 Å². The van der Waals surface area contributed by atoms with Crippen LogP contribution in [0.25, 0.3) is 0 Å². The topological polar surface area (TPSA) is 67.4 Å². The fourth-order valence-corrected chi connectivity index (χ4v) is 2.54. The van der Waals surface area contributed by atoms with Gasteiger partial charge in [-0.25, -0.2) is 0 Å². The minimum Gasteiger partial charge on any atom is -0.493 e. The normalized spacial score (nSPS) is 10.4. The van der Waals surface area contributed by atoms with E-state index in [2.05, 4.69) is 40.6 Å². The number of benzene rings is 2. The smallest absolute Gasteiger partial charge is 0.273 e. The van der Waals surface area contributed by atoms with Crippen molar-refractivity contribution in [2.24, 2.45) is 5.92 Å². The monoisotopic (exact) mass is 404 g/mol. The average Bonchev–Trinajstić information content (AvgIpc) is 2.60. The number of halogens is 1. The summed E-state index contributed by atoms with van der Waals surface area (Å²) in [7, 11) is 0. The van der Waals surface area contributed by atoms with Crippen molar-refractivity contribution >= 4 is 27.7 Å². The summed E-state index contributed by atoms with van der Waals surface area (Å²) in [5.74, 6) is 0.181. The maximum absolute atomic E-state index is 12.4. The molecule has 2 aromatic rings. The molecular weight excluding hydrogens is 384 g/mol. The summed E-state index contributed by atoms with van der Waals surface area (Å²) in [5, 5.41) is 0. The molecule has 0 bridgehead atoms. The molecule has 2 N–H and O–H groups in total. The van der Waals surface area contributed by atoms with Gasteiger partial charge in [-0.1, -0.05) is 38.1 Å². The Morgan fingerprint density at radius 3 is 2.16 bits per heavy atom. The van der Waals surface area contributed by atoms with Crippen molar-refractivity contribution in [2.45, 2.75) is 20.3 Å². The number of nitrogens with one attached hydrogen (secondary N) is 2. The standard InChI is InChI=1S/C19H21BrN2O3/c1-13(2)11-12-25-17-10-6-4-8-15(17)19(24)22-21-18(23)14-7-3-5-9-16(14)20/h3-10,13H,11-12H2,1-2H3,(H,21,23)(H,22,24). The maximum atomic E-state index is 12.4. The molecule has 0 unspecified atom stereocenters. The summed E-state index contributed by atoms with van der Waals surface area (Å²) in [5.41, 5.74) is 5.65. The van der Waals surface area contributed by atoms with Crippen molar-refractivity contribution in [1.29, 1.82) is 0 Å². The molecule has 0 aliphatic heterocycles. The van der Waals surface area contributed by atoms with Gasteiger partial charge < -0.3 is 4.74 Å². The number of carbonyl (C=O) groups excluding carboxylic acids is 2. The second kappa shape index (κ2) is 9.22. The second-order valence-corrected chi connectivity index (χ2v) is 6.77. The largest absolute Gasteiger partial charge is 0.493 e. The first-order valence-corrected chi connectivity index (χ1v) is 8.85. The molecule has 0 atom stereocenters. The van der Waals surface area contributed by atoms with Crippen LogP contribution < -0.4 is 15.6 Å². The van der Waals surface area contributed by atoms with E-state index >= 15 is 0 Å². The Hall–Kier alpha value is -2.34. The number of para-hydroxylation sites is 1. The van der Waals surface area contributed by atoms with Crippen LogP contribution in [0.15, 0.2) is 53.0 Å². The highest BCUT2D eigenvalue weighted by molar-refractivity contribution is 9.10. The fourth-order valence-electron chi connectivity index (χ4n) is 2.08. The first-order valence-electron chi connectivity index (χ1n) is 8.06. The first-order chi connectivity index (χ1) is 12.0. The molecule has 132 valence electrons. The van der Waals surface area contributed by atoms with Crippen LogP contribution in [0.3, 0.4) is 0 Å². The highest BCUT2D eigenvalue weighted by Gasteiger charge is 2.14. The summed E-state index contributed by atoms with van der Waals surface area (Å²) in [6.07, 6.45) is 0.898. The van der Waals surface area contributed by atoms with Gasteiger partial charge in [-0.2, -0.15) is 0 Å². The Morgan fingerprint density at radius 1 is 0.960 bits per heavy atom. The molecule has 2 amide bonds. The molecule has 0 saturated carbocycles. The minimum absolute atomic E-state index is 0.374. The first kappa shape index (κ1) is 19.0. The average molecular weight is 405 g/mol. The van der Waals surface area contributed by atoms with Crippen molar-refractivity contribution in [3.8, 4) is 5.75 Å². The SMILES string of the molecule is CC(C)CCOc1ccccc1C(=O)NNC(=O)c1ccccc1Br. The van der Waals surface area contributed by atoms with Crippen LogP contribution in [0, 0.1) is 5.92 Å². The Morgan fingerprint density at radius 2 is 1.52 bits per heavy atom. The van der Waals surface area contributed by atoms with Crippen molar-refractivity contribution < 1.29 is 14.3 Å².